The van der Waals surface area contributed by atoms with Crippen LogP contribution in [-0.2, 0) is 0 Å². The molecule has 0 N–H and O–H groups in total. The molecule has 13 aromatic carbocycles. The number of ether oxygens (including phenoxy) is 2. The Morgan fingerprint density at radius 3 is 1.17 bits per heavy atom. The summed E-state index contributed by atoms with van der Waals surface area (Å²) in [6.07, 6.45) is 0. The summed E-state index contributed by atoms with van der Waals surface area (Å²) < 4.78 is 17.3. The van der Waals surface area contributed by atoms with Crippen LogP contribution in [0.5, 0.6) is 23.0 Å². The Morgan fingerprint density at radius 2 is 0.667 bits per heavy atom. The van der Waals surface area contributed by atoms with Gasteiger partial charge < -0.3 is 33.6 Å². The summed E-state index contributed by atoms with van der Waals surface area (Å²) in [7, 11) is 0. The lowest BCUT2D eigenvalue weighted by Crippen LogP contribution is -2.63. The minimum atomic E-state index is -0.257. The molecule has 406 valence electrons. The van der Waals surface area contributed by atoms with Crippen molar-refractivity contribution in [2.45, 2.75) is 0 Å². The van der Waals surface area contributed by atoms with E-state index in [1.807, 2.05) is 0 Å². The molecule has 4 aliphatic rings. The summed E-state index contributed by atoms with van der Waals surface area (Å²) in [6.45, 7) is -0.451. The Bertz CT molecular complexity index is 4940. The quantitative estimate of drug-likeness (QED) is 0.134. The number of rotatable bonds is 9. The lowest BCUT2D eigenvalue weighted by Gasteiger charge is -2.45. The lowest BCUT2D eigenvalue weighted by molar-refractivity contribution is 0.487. The molecule has 14 aromatic rings. The molecule has 0 spiro atoms. The zero-order valence-electron chi connectivity index (χ0n) is 47.2. The van der Waals surface area contributed by atoms with Crippen molar-refractivity contribution in [1.29, 1.82) is 0 Å². The molecule has 0 aliphatic carbocycles. The number of para-hydroxylation sites is 9. The van der Waals surface area contributed by atoms with Crippen molar-refractivity contribution in [3.63, 3.8) is 0 Å². The van der Waals surface area contributed by atoms with Crippen molar-refractivity contribution in [3.05, 3.63) is 309 Å². The summed E-state index contributed by atoms with van der Waals surface area (Å²) >= 11 is 0. The summed E-state index contributed by atoms with van der Waals surface area (Å²) in [5.41, 5.74) is 22.7. The van der Waals surface area contributed by atoms with Gasteiger partial charge in [-0.15, -0.1) is 0 Å². The predicted molar refractivity (Wildman–Crippen MR) is 362 cm³/mol. The van der Waals surface area contributed by atoms with Crippen LogP contribution in [0.15, 0.2) is 309 Å². The highest BCUT2D eigenvalue weighted by Gasteiger charge is 2.48. The van der Waals surface area contributed by atoms with Crippen molar-refractivity contribution in [2.75, 3.05) is 19.6 Å². The molecule has 0 unspecified atom stereocenters. The van der Waals surface area contributed by atoms with Crippen LogP contribution in [0.3, 0.4) is 0 Å². The normalized spacial score (nSPS) is 12.9. The summed E-state index contributed by atoms with van der Waals surface area (Å²) in [5, 5.41) is 2.36. The molecule has 87 heavy (non-hydrogen) atoms. The molecule has 0 atom stereocenters. The first kappa shape index (κ1) is 49.1. The number of fused-ring (bicyclic) bond motifs is 11. The highest BCUT2D eigenvalue weighted by molar-refractivity contribution is 7.02. The van der Waals surface area contributed by atoms with Gasteiger partial charge in [-0.1, -0.05) is 176 Å². The molecule has 0 radical (unpaired) electrons. The second kappa shape index (κ2) is 19.6. The van der Waals surface area contributed by atoms with E-state index in [9.17, 15) is 0 Å². The molecule has 0 bridgehead atoms. The first-order valence-corrected chi connectivity index (χ1v) is 29.8. The molecule has 0 fully saturated rings. The number of aromatic nitrogens is 1. The SMILES string of the molecule is c1ccc(N(c2ccccc2)c2cc3c4c(c2)N(c2ccccc2)c2cc5c(cc2B4c2ccccc2O3)B2c3cc4c6ccccc6n(-c6ccccc6)c4cc3Oc3cc(N(c4ccccc4)c4ccccc4)cc(c32)N5c2ccccc2)cc1. The number of nitrogens with zero attached hydrogens (tertiary/aromatic N) is 5. The van der Waals surface area contributed by atoms with Gasteiger partial charge in [0.25, 0.3) is 13.4 Å². The standard InChI is InChI=1S/C78H51B2N5O2/c1-8-26-52(27-9-1)81(53-28-10-2-11-29-53)59-44-71-77-75(46-59)86-73-43-25-23-41-63(73)79(77)64-49-65-70(50-69(64)84(71)57-36-18-6-19-37-57)85(58-38-20-7-21-39-58)72-45-60(82(54-30-12-3-13-31-54)55-32-14-4-15-33-55)47-76-78(72)80(65)66-48-62-61-40-22-24-42-67(61)83(56-34-16-5-17-35-56)68(62)51-74(66)87-76/h1-51H. The number of hydrogen-bond donors (Lipinski definition) is 0. The maximum absolute atomic E-state index is 7.63. The highest BCUT2D eigenvalue weighted by atomic mass is 16.5. The highest BCUT2D eigenvalue weighted by Crippen LogP contribution is 2.51. The van der Waals surface area contributed by atoms with E-state index in [1.165, 1.54) is 21.7 Å². The van der Waals surface area contributed by atoms with E-state index in [2.05, 4.69) is 334 Å². The molecular weight excluding hydrogens is 1060 g/mol. The van der Waals surface area contributed by atoms with Crippen LogP contribution in [0.4, 0.5) is 68.2 Å². The Hall–Kier alpha value is -11.4. The van der Waals surface area contributed by atoms with Crippen LogP contribution < -0.4 is 61.9 Å². The van der Waals surface area contributed by atoms with Gasteiger partial charge in [-0.05, 0) is 148 Å². The third-order valence-corrected chi connectivity index (χ3v) is 18.0. The maximum Gasteiger partial charge on any atom is 0.256 e. The van der Waals surface area contributed by atoms with Crippen molar-refractivity contribution in [2.24, 2.45) is 0 Å². The molecule has 7 nitrogen and oxygen atoms in total. The number of hydrogen-bond acceptors (Lipinski definition) is 6. The molecule has 9 heteroatoms. The van der Waals surface area contributed by atoms with E-state index in [1.54, 1.807) is 0 Å². The van der Waals surface area contributed by atoms with Gasteiger partial charge in [-0.3, -0.25) is 0 Å². The molecule has 0 amide bonds. The molecule has 4 aliphatic heterocycles. The van der Waals surface area contributed by atoms with E-state index in [-0.39, 0.29) is 13.4 Å². The Kier molecular flexibility index (Phi) is 11.0. The smallest absolute Gasteiger partial charge is 0.256 e. The number of benzene rings is 13. The van der Waals surface area contributed by atoms with Gasteiger partial charge in [0.05, 0.1) is 22.4 Å². The Morgan fingerprint density at radius 1 is 0.253 bits per heavy atom. The second-order valence-electron chi connectivity index (χ2n) is 22.8. The van der Waals surface area contributed by atoms with Crippen LogP contribution in [-0.4, -0.2) is 18.0 Å². The second-order valence-corrected chi connectivity index (χ2v) is 22.8. The van der Waals surface area contributed by atoms with E-state index >= 15 is 0 Å². The summed E-state index contributed by atoms with van der Waals surface area (Å²) in [4.78, 5) is 9.69. The van der Waals surface area contributed by atoms with Crippen molar-refractivity contribution in [3.8, 4) is 28.7 Å². The van der Waals surface area contributed by atoms with E-state index in [4.69, 9.17) is 9.47 Å². The Labute approximate surface area is 505 Å². The fourth-order valence-electron chi connectivity index (χ4n) is 14.4. The summed E-state index contributed by atoms with van der Waals surface area (Å²) in [5.74, 6) is 3.32. The van der Waals surface area contributed by atoms with E-state index in [0.717, 1.165) is 130 Å². The van der Waals surface area contributed by atoms with Gasteiger partial charge >= 0.3 is 0 Å². The first-order chi connectivity index (χ1) is 43.2. The Balaban J connectivity index is 0.952. The van der Waals surface area contributed by atoms with Crippen LogP contribution in [0, 0.1) is 0 Å². The van der Waals surface area contributed by atoms with Gasteiger partial charge in [0, 0.05) is 91.5 Å². The monoisotopic (exact) mass is 1110 g/mol. The van der Waals surface area contributed by atoms with Crippen molar-refractivity contribution < 1.29 is 9.47 Å². The van der Waals surface area contributed by atoms with E-state index < -0.39 is 0 Å². The first-order valence-electron chi connectivity index (χ1n) is 29.8. The molecule has 18 rings (SSSR count). The minimum Gasteiger partial charge on any atom is -0.458 e. The fourth-order valence-corrected chi connectivity index (χ4v) is 14.4. The van der Waals surface area contributed by atoms with Gasteiger partial charge in [0.1, 0.15) is 23.0 Å². The minimum absolute atomic E-state index is 0.194. The fraction of sp³-hybridized carbons (Fsp3) is 0. The van der Waals surface area contributed by atoms with Crippen LogP contribution >= 0.6 is 0 Å². The number of anilines is 12. The predicted octanol–water partition coefficient (Wildman–Crippen LogP) is 16.5. The average Bonchev–Trinajstić information content (AvgIpc) is 1.13. The van der Waals surface area contributed by atoms with Crippen LogP contribution in [0.2, 0.25) is 0 Å². The van der Waals surface area contributed by atoms with Gasteiger partial charge in [0.15, 0.2) is 0 Å². The van der Waals surface area contributed by atoms with Crippen molar-refractivity contribution >= 4 is 136 Å². The average molecular weight is 1110 g/mol. The molecule has 0 saturated carbocycles. The van der Waals surface area contributed by atoms with Crippen LogP contribution in [0.1, 0.15) is 0 Å². The summed E-state index contributed by atoms with van der Waals surface area (Å²) in [6, 6.07) is 112. The van der Waals surface area contributed by atoms with Crippen molar-refractivity contribution in [1.82, 2.24) is 4.57 Å². The zero-order valence-corrected chi connectivity index (χ0v) is 47.2. The van der Waals surface area contributed by atoms with E-state index in [0.29, 0.717) is 0 Å². The maximum atomic E-state index is 7.63. The van der Waals surface area contributed by atoms with Crippen LogP contribution in [0.25, 0.3) is 27.5 Å². The lowest BCUT2D eigenvalue weighted by atomic mass is 9.31. The van der Waals surface area contributed by atoms with Gasteiger partial charge in [-0.2, -0.15) is 0 Å². The molecule has 0 saturated heterocycles. The molecule has 1 aromatic heterocycles. The van der Waals surface area contributed by atoms with Gasteiger partial charge in [-0.25, -0.2) is 0 Å². The third-order valence-electron chi connectivity index (χ3n) is 18.0. The molecule has 5 heterocycles. The molecular formula is C78H51B2N5O2. The zero-order chi connectivity index (χ0) is 57.1. The van der Waals surface area contributed by atoms with Gasteiger partial charge in [0.2, 0.25) is 0 Å². The topological polar surface area (TPSA) is 36.4 Å². The third kappa shape index (κ3) is 7.66. The largest absolute Gasteiger partial charge is 0.458 e.